The van der Waals surface area contributed by atoms with E-state index >= 15 is 0 Å². The summed E-state index contributed by atoms with van der Waals surface area (Å²) >= 11 is 5.94. The van der Waals surface area contributed by atoms with Crippen molar-refractivity contribution >= 4 is 17.6 Å². The molecule has 0 saturated carbocycles. The molecule has 2 fully saturated rings. The Kier molecular flexibility index (Phi) is 3.50. The van der Waals surface area contributed by atoms with Crippen molar-refractivity contribution in [2.45, 2.75) is 37.3 Å². The van der Waals surface area contributed by atoms with E-state index in [1.54, 1.807) is 0 Å². The van der Waals surface area contributed by atoms with E-state index in [-0.39, 0.29) is 23.8 Å². The van der Waals surface area contributed by atoms with E-state index in [1.165, 1.54) is 12.7 Å². The fraction of sp³-hybridized carbons (Fsp3) is 0.533. The molecule has 0 amide bonds. The smallest absolute Gasteiger partial charge is 0.310 e. The molecule has 1 unspecified atom stereocenters. The Morgan fingerprint density at radius 3 is 2.74 bits per heavy atom. The van der Waals surface area contributed by atoms with E-state index in [1.807, 2.05) is 24.3 Å². The molecule has 2 heterocycles. The van der Waals surface area contributed by atoms with Gasteiger partial charge < -0.3 is 10.1 Å². The molecular formula is C15H18ClNO2. The number of hydrogen-bond donors (Lipinski definition) is 1. The van der Waals surface area contributed by atoms with Gasteiger partial charge in [0.25, 0.3) is 0 Å². The highest BCUT2D eigenvalue weighted by molar-refractivity contribution is 6.30. The van der Waals surface area contributed by atoms with Gasteiger partial charge in [-0.15, -0.1) is 0 Å². The summed E-state index contributed by atoms with van der Waals surface area (Å²) in [5.41, 5.74) is 1.19. The third-order valence-electron chi connectivity index (χ3n) is 4.45. The zero-order valence-corrected chi connectivity index (χ0v) is 11.7. The van der Waals surface area contributed by atoms with Crippen LogP contribution >= 0.6 is 11.6 Å². The lowest BCUT2D eigenvalue weighted by Crippen LogP contribution is -2.48. The van der Waals surface area contributed by atoms with Gasteiger partial charge >= 0.3 is 5.97 Å². The van der Waals surface area contributed by atoms with Crippen molar-refractivity contribution in [2.24, 2.45) is 5.92 Å². The number of piperidine rings is 1. The first kappa shape index (κ1) is 12.9. The monoisotopic (exact) mass is 279 g/mol. The Bertz CT molecular complexity index is 474. The first-order chi connectivity index (χ1) is 9.19. The number of ether oxygens (including phenoxy) is 1. The molecule has 1 aromatic rings. The van der Waals surface area contributed by atoms with Crippen LogP contribution in [-0.2, 0) is 9.53 Å². The van der Waals surface area contributed by atoms with Crippen LogP contribution in [0.5, 0.6) is 0 Å². The summed E-state index contributed by atoms with van der Waals surface area (Å²) in [5.74, 6) is 0.0613. The number of carbonyl (C=O) groups is 1. The second kappa shape index (κ2) is 5.14. The van der Waals surface area contributed by atoms with E-state index in [0.717, 1.165) is 24.3 Å². The normalized spacial score (nSPS) is 33.2. The third kappa shape index (κ3) is 2.37. The number of fused-ring (bicyclic) bond motifs is 2. The highest BCUT2D eigenvalue weighted by Gasteiger charge is 2.46. The quantitative estimate of drug-likeness (QED) is 0.846. The molecule has 4 heteroatoms. The fourth-order valence-corrected chi connectivity index (χ4v) is 3.70. The second-order valence-electron chi connectivity index (χ2n) is 5.49. The van der Waals surface area contributed by atoms with Crippen LogP contribution in [0, 0.1) is 5.92 Å². The Balaban J connectivity index is 1.92. The van der Waals surface area contributed by atoms with Crippen LogP contribution in [0.25, 0.3) is 0 Å². The molecular weight excluding hydrogens is 262 g/mol. The van der Waals surface area contributed by atoms with Crippen LogP contribution in [-0.4, -0.2) is 25.2 Å². The number of hydrogen-bond acceptors (Lipinski definition) is 3. The van der Waals surface area contributed by atoms with Gasteiger partial charge in [0.1, 0.15) is 0 Å². The summed E-state index contributed by atoms with van der Waals surface area (Å²) in [7, 11) is 1.47. The molecule has 2 saturated heterocycles. The van der Waals surface area contributed by atoms with Crippen LogP contribution in [0.3, 0.4) is 0 Å². The Labute approximate surface area is 118 Å². The highest BCUT2D eigenvalue weighted by Crippen LogP contribution is 2.42. The van der Waals surface area contributed by atoms with Gasteiger partial charge in [-0.3, -0.25) is 4.79 Å². The molecule has 2 aliphatic heterocycles. The summed E-state index contributed by atoms with van der Waals surface area (Å²) in [5, 5.41) is 4.27. The first-order valence-electron chi connectivity index (χ1n) is 6.78. The van der Waals surface area contributed by atoms with Crippen LogP contribution in [0.4, 0.5) is 0 Å². The average Bonchev–Trinajstić information content (AvgIpc) is 2.80. The number of esters is 1. The van der Waals surface area contributed by atoms with Gasteiger partial charge in [0.2, 0.25) is 0 Å². The number of carbonyl (C=O) groups excluding carboxylic acids is 1. The molecule has 3 nitrogen and oxygen atoms in total. The van der Waals surface area contributed by atoms with Crippen molar-refractivity contribution in [1.82, 2.24) is 5.32 Å². The third-order valence-corrected chi connectivity index (χ3v) is 4.70. The van der Waals surface area contributed by atoms with Gasteiger partial charge in [-0.1, -0.05) is 23.7 Å². The number of rotatable bonds is 2. The zero-order chi connectivity index (χ0) is 13.4. The van der Waals surface area contributed by atoms with E-state index in [4.69, 9.17) is 16.3 Å². The van der Waals surface area contributed by atoms with Crippen molar-refractivity contribution in [3.05, 3.63) is 34.9 Å². The number of benzene rings is 1. The maximum atomic E-state index is 12.1. The molecule has 19 heavy (non-hydrogen) atoms. The average molecular weight is 280 g/mol. The predicted molar refractivity (Wildman–Crippen MR) is 74.3 cm³/mol. The minimum absolute atomic E-state index is 0.0788. The Hall–Kier alpha value is -1.06. The lowest BCUT2D eigenvalue weighted by molar-refractivity contribution is -0.148. The molecule has 2 aliphatic rings. The standard InChI is InChI=1S/C15H18ClNO2/c1-19-15(18)14-12(8-11-6-7-13(14)17-11)9-2-4-10(16)5-3-9/h2-5,11-14,17H,6-8H2,1H3/t11-,12-,13-,14?/m1/s1. The Morgan fingerprint density at radius 1 is 1.32 bits per heavy atom. The summed E-state index contributed by atoms with van der Waals surface area (Å²) in [6.07, 6.45) is 3.22. The lowest BCUT2D eigenvalue weighted by Gasteiger charge is -2.36. The second-order valence-corrected chi connectivity index (χ2v) is 5.93. The molecule has 0 radical (unpaired) electrons. The SMILES string of the molecule is COC(=O)C1[C@@H](c2ccc(Cl)cc2)C[C@H]2CC[C@H]1N2. The molecule has 0 aliphatic carbocycles. The molecule has 2 bridgehead atoms. The zero-order valence-electron chi connectivity index (χ0n) is 10.9. The minimum atomic E-state index is -0.0993. The van der Waals surface area contributed by atoms with E-state index in [2.05, 4.69) is 5.32 Å². The molecule has 102 valence electrons. The molecule has 0 spiro atoms. The van der Waals surface area contributed by atoms with Crippen molar-refractivity contribution in [3.63, 3.8) is 0 Å². The van der Waals surface area contributed by atoms with Crippen LogP contribution in [0.1, 0.15) is 30.7 Å². The van der Waals surface area contributed by atoms with Gasteiger partial charge in [0.15, 0.2) is 0 Å². The summed E-state index contributed by atoms with van der Waals surface area (Å²) in [6.45, 7) is 0. The van der Waals surface area contributed by atoms with Gasteiger partial charge in [0, 0.05) is 23.0 Å². The van der Waals surface area contributed by atoms with E-state index in [0.29, 0.717) is 6.04 Å². The van der Waals surface area contributed by atoms with Crippen molar-refractivity contribution in [1.29, 1.82) is 0 Å². The van der Waals surface area contributed by atoms with Crippen LogP contribution in [0.15, 0.2) is 24.3 Å². The van der Waals surface area contributed by atoms with Gasteiger partial charge in [0.05, 0.1) is 13.0 Å². The maximum Gasteiger partial charge on any atom is 0.310 e. The first-order valence-corrected chi connectivity index (χ1v) is 7.16. The van der Waals surface area contributed by atoms with E-state index < -0.39 is 0 Å². The van der Waals surface area contributed by atoms with Crippen LogP contribution < -0.4 is 5.32 Å². The van der Waals surface area contributed by atoms with Gasteiger partial charge in [-0.05, 0) is 37.0 Å². The minimum Gasteiger partial charge on any atom is -0.469 e. The fourth-order valence-electron chi connectivity index (χ4n) is 3.57. The van der Waals surface area contributed by atoms with Crippen molar-refractivity contribution in [3.8, 4) is 0 Å². The van der Waals surface area contributed by atoms with Crippen molar-refractivity contribution < 1.29 is 9.53 Å². The Morgan fingerprint density at radius 2 is 2.05 bits per heavy atom. The largest absolute Gasteiger partial charge is 0.469 e. The molecule has 1 aromatic carbocycles. The topological polar surface area (TPSA) is 38.3 Å². The summed E-state index contributed by atoms with van der Waals surface area (Å²) in [6, 6.07) is 8.66. The lowest BCUT2D eigenvalue weighted by atomic mass is 9.77. The predicted octanol–water partition coefficient (Wildman–Crippen LogP) is 2.74. The number of nitrogens with one attached hydrogen (secondary N) is 1. The van der Waals surface area contributed by atoms with E-state index in [9.17, 15) is 4.79 Å². The summed E-state index contributed by atoms with van der Waals surface area (Å²) in [4.78, 5) is 12.1. The molecule has 3 rings (SSSR count). The van der Waals surface area contributed by atoms with Crippen LogP contribution in [0.2, 0.25) is 5.02 Å². The molecule has 0 aromatic heterocycles. The van der Waals surface area contributed by atoms with Gasteiger partial charge in [-0.25, -0.2) is 0 Å². The van der Waals surface area contributed by atoms with Gasteiger partial charge in [-0.2, -0.15) is 0 Å². The summed E-state index contributed by atoms with van der Waals surface area (Å²) < 4.78 is 5.01. The van der Waals surface area contributed by atoms with Crippen molar-refractivity contribution in [2.75, 3.05) is 7.11 Å². The maximum absolute atomic E-state index is 12.1. The highest BCUT2D eigenvalue weighted by atomic mass is 35.5. The molecule has 4 atom stereocenters. The molecule has 1 N–H and O–H groups in total. The number of methoxy groups -OCH3 is 1. The number of halogens is 1.